The first-order valence-electron chi connectivity index (χ1n) is 8.60. The van der Waals surface area contributed by atoms with Crippen molar-refractivity contribution >= 4 is 54.3 Å². The first-order valence-corrected chi connectivity index (χ1v) is 11.2. The molecule has 3 aromatic carbocycles. The standard InChI is InChI=1S/C21H12N3O5PS/c25-13-22-16-7-1-4-10-19(16)28-30(29-20-11-5-2-8-17(20)23-14-26)31-21-12-6-3-9-18(21)24-15-27/h1-12H. The molecule has 0 bridgehead atoms. The van der Waals surface area contributed by atoms with Gasteiger partial charge in [-0.25, -0.2) is 14.4 Å². The van der Waals surface area contributed by atoms with Crippen LogP contribution in [0.25, 0.3) is 0 Å². The number of benzene rings is 3. The summed E-state index contributed by atoms with van der Waals surface area (Å²) >= 11 is 1.17. The van der Waals surface area contributed by atoms with E-state index in [9.17, 15) is 14.4 Å². The summed E-state index contributed by atoms with van der Waals surface area (Å²) in [5.41, 5.74) is 0.931. The molecule has 0 spiro atoms. The first kappa shape index (κ1) is 21.9. The number of hydrogen-bond acceptors (Lipinski definition) is 9. The summed E-state index contributed by atoms with van der Waals surface area (Å²) in [5, 5.41) is 0. The van der Waals surface area contributed by atoms with E-state index in [1.807, 2.05) is 0 Å². The highest BCUT2D eigenvalue weighted by molar-refractivity contribution is 8.53. The maximum absolute atomic E-state index is 10.8. The molecular formula is C21H12N3O5PS. The Morgan fingerprint density at radius 3 is 1.55 bits per heavy atom. The van der Waals surface area contributed by atoms with Crippen LogP contribution in [0.3, 0.4) is 0 Å². The molecule has 0 aromatic heterocycles. The van der Waals surface area contributed by atoms with Gasteiger partial charge in [0, 0.05) is 4.90 Å². The number of hydrogen-bond donors (Lipinski definition) is 0. The highest BCUT2D eigenvalue weighted by Crippen LogP contribution is 2.58. The Hall–Kier alpha value is -3.82. The molecule has 8 nitrogen and oxygen atoms in total. The van der Waals surface area contributed by atoms with Crippen molar-refractivity contribution in [3.8, 4) is 11.5 Å². The third-order valence-electron chi connectivity index (χ3n) is 3.61. The fraction of sp³-hybridized carbons (Fsp3) is 0. The van der Waals surface area contributed by atoms with E-state index >= 15 is 0 Å². The lowest BCUT2D eigenvalue weighted by Crippen LogP contribution is -1.94. The molecule has 0 unspecified atom stereocenters. The van der Waals surface area contributed by atoms with Crippen molar-refractivity contribution in [3.05, 3.63) is 72.8 Å². The molecule has 0 amide bonds. The molecule has 0 saturated heterocycles. The topological polar surface area (TPSA) is 107 Å². The van der Waals surface area contributed by atoms with Crippen LogP contribution < -0.4 is 9.05 Å². The monoisotopic (exact) mass is 449 g/mol. The molecule has 0 atom stereocenters. The molecule has 0 aliphatic rings. The largest absolute Gasteiger partial charge is 0.428 e. The molecule has 0 aliphatic carbocycles. The smallest absolute Gasteiger partial charge is 0.365 e. The Balaban J connectivity index is 1.99. The molecule has 10 heteroatoms. The maximum atomic E-state index is 10.8. The molecule has 0 aliphatic heterocycles. The van der Waals surface area contributed by atoms with Crippen LogP contribution in [-0.4, -0.2) is 18.2 Å². The molecule has 0 N–H and O–H groups in total. The molecule has 0 heterocycles. The average molecular weight is 449 g/mol. The lowest BCUT2D eigenvalue weighted by atomic mass is 10.3. The fourth-order valence-electron chi connectivity index (χ4n) is 2.32. The lowest BCUT2D eigenvalue weighted by Gasteiger charge is -2.19. The van der Waals surface area contributed by atoms with Crippen molar-refractivity contribution in [2.45, 2.75) is 4.90 Å². The van der Waals surface area contributed by atoms with E-state index in [2.05, 4.69) is 15.0 Å². The third kappa shape index (κ3) is 6.08. The quantitative estimate of drug-likeness (QED) is 0.223. The lowest BCUT2D eigenvalue weighted by molar-refractivity contribution is 0.510. The van der Waals surface area contributed by atoms with Crippen molar-refractivity contribution in [2.24, 2.45) is 15.0 Å². The van der Waals surface area contributed by atoms with Gasteiger partial charge in [0.25, 0.3) is 0 Å². The van der Waals surface area contributed by atoms with Gasteiger partial charge in [0.15, 0.2) is 11.5 Å². The molecule has 3 rings (SSSR count). The van der Waals surface area contributed by atoms with Gasteiger partial charge in [0.05, 0.1) is 5.69 Å². The van der Waals surface area contributed by atoms with E-state index < -0.39 is 7.58 Å². The zero-order valence-electron chi connectivity index (χ0n) is 15.7. The second-order valence-corrected chi connectivity index (χ2v) is 8.39. The predicted octanol–water partition coefficient (Wildman–Crippen LogP) is 6.07. The summed E-state index contributed by atoms with van der Waals surface area (Å²) in [6, 6.07) is 20.1. The Labute approximate surface area is 182 Å². The number of aliphatic imine (C=N–C) groups is 3. The molecule has 3 aromatic rings. The van der Waals surface area contributed by atoms with Crippen LogP contribution in [0.5, 0.6) is 11.5 Å². The Kier molecular flexibility index (Phi) is 8.04. The molecular weight excluding hydrogens is 437 g/mol. The third-order valence-corrected chi connectivity index (χ3v) is 6.48. The van der Waals surface area contributed by atoms with Crippen LogP contribution in [0.1, 0.15) is 0 Å². The minimum absolute atomic E-state index is 0.271. The summed E-state index contributed by atoms with van der Waals surface area (Å²) in [7, 11) is -1.82. The second-order valence-electron chi connectivity index (χ2n) is 5.51. The zero-order chi connectivity index (χ0) is 21.9. The van der Waals surface area contributed by atoms with Gasteiger partial charge in [-0.15, -0.1) is 0 Å². The second kappa shape index (κ2) is 11.4. The average Bonchev–Trinajstić information content (AvgIpc) is 2.78. The number of nitrogens with zero attached hydrogens (tertiary/aromatic N) is 3. The Morgan fingerprint density at radius 2 is 1.03 bits per heavy atom. The van der Waals surface area contributed by atoms with Crippen molar-refractivity contribution in [1.29, 1.82) is 0 Å². The minimum Gasteiger partial charge on any atom is -0.428 e. The van der Waals surface area contributed by atoms with E-state index in [0.29, 0.717) is 10.6 Å². The summed E-state index contributed by atoms with van der Waals surface area (Å²) < 4.78 is 12.0. The maximum Gasteiger partial charge on any atom is 0.365 e. The van der Waals surface area contributed by atoms with Gasteiger partial charge in [-0.05, 0) is 47.8 Å². The van der Waals surface area contributed by atoms with Crippen molar-refractivity contribution in [1.82, 2.24) is 0 Å². The first-order chi connectivity index (χ1) is 15.2. The molecule has 0 saturated carbocycles. The van der Waals surface area contributed by atoms with Crippen LogP contribution in [0.4, 0.5) is 17.1 Å². The summed E-state index contributed by atoms with van der Waals surface area (Å²) in [6.45, 7) is 0. The van der Waals surface area contributed by atoms with E-state index in [1.54, 1.807) is 72.8 Å². The number of rotatable bonds is 9. The summed E-state index contributed by atoms with van der Waals surface area (Å²) in [5.74, 6) is 0.578. The van der Waals surface area contributed by atoms with E-state index in [4.69, 9.17) is 9.05 Å². The minimum atomic E-state index is -1.82. The fourth-order valence-corrected chi connectivity index (χ4v) is 5.22. The molecule has 0 fully saturated rings. The SMILES string of the molecule is O=C=Nc1ccccc1OP(Oc1ccccc1N=C=O)Sc1ccccc1N=C=O. The van der Waals surface area contributed by atoms with Crippen LogP contribution in [0, 0.1) is 0 Å². The summed E-state index contributed by atoms with van der Waals surface area (Å²) in [6.07, 6.45) is 4.49. The van der Waals surface area contributed by atoms with Gasteiger partial charge in [0.2, 0.25) is 18.2 Å². The number of para-hydroxylation sites is 5. The van der Waals surface area contributed by atoms with Gasteiger partial charge >= 0.3 is 7.58 Å². The van der Waals surface area contributed by atoms with Crippen molar-refractivity contribution in [2.75, 3.05) is 0 Å². The van der Waals surface area contributed by atoms with Crippen LogP contribution in [0.15, 0.2) is 92.7 Å². The van der Waals surface area contributed by atoms with Gasteiger partial charge in [-0.3, -0.25) is 0 Å². The van der Waals surface area contributed by atoms with Crippen LogP contribution in [-0.2, 0) is 14.4 Å². The highest BCUT2D eigenvalue weighted by atomic mass is 32.7. The zero-order valence-corrected chi connectivity index (χ0v) is 17.4. The van der Waals surface area contributed by atoms with Crippen molar-refractivity contribution in [3.63, 3.8) is 0 Å². The highest BCUT2D eigenvalue weighted by Gasteiger charge is 2.22. The van der Waals surface area contributed by atoms with Gasteiger partial charge in [-0.1, -0.05) is 36.4 Å². The summed E-state index contributed by atoms with van der Waals surface area (Å²) in [4.78, 5) is 43.9. The Morgan fingerprint density at radius 1 is 0.613 bits per heavy atom. The van der Waals surface area contributed by atoms with Crippen molar-refractivity contribution < 1.29 is 23.4 Å². The number of isocyanates is 3. The van der Waals surface area contributed by atoms with E-state index in [1.165, 1.54) is 29.6 Å². The normalized spacial score (nSPS) is 10.6. The Bertz CT molecular complexity index is 1070. The van der Waals surface area contributed by atoms with Gasteiger partial charge < -0.3 is 9.05 Å². The molecule has 0 radical (unpaired) electrons. The van der Waals surface area contributed by atoms with Crippen LogP contribution in [0.2, 0.25) is 0 Å². The number of carbonyl (C=O) groups excluding carboxylic acids is 3. The van der Waals surface area contributed by atoms with E-state index in [0.717, 1.165) is 0 Å². The van der Waals surface area contributed by atoms with Gasteiger partial charge in [0.1, 0.15) is 11.4 Å². The molecule has 31 heavy (non-hydrogen) atoms. The van der Waals surface area contributed by atoms with Crippen LogP contribution >= 0.6 is 19.0 Å². The van der Waals surface area contributed by atoms with Gasteiger partial charge in [-0.2, -0.15) is 15.0 Å². The van der Waals surface area contributed by atoms with E-state index in [-0.39, 0.29) is 22.9 Å². The predicted molar refractivity (Wildman–Crippen MR) is 117 cm³/mol. The molecule has 152 valence electrons.